The second-order valence-corrected chi connectivity index (χ2v) is 9.46. The number of nitrogens with zero attached hydrogens (tertiary/aromatic N) is 1. The van der Waals surface area contributed by atoms with Crippen molar-refractivity contribution in [2.75, 3.05) is 6.54 Å². The summed E-state index contributed by atoms with van der Waals surface area (Å²) in [5.74, 6) is -0.626. The van der Waals surface area contributed by atoms with Crippen LogP contribution in [-0.4, -0.2) is 22.2 Å². The highest BCUT2D eigenvalue weighted by Crippen LogP contribution is 2.52. The lowest BCUT2D eigenvalue weighted by atomic mass is 9.94. The van der Waals surface area contributed by atoms with E-state index >= 15 is 0 Å². The van der Waals surface area contributed by atoms with Gasteiger partial charge in [0.2, 0.25) is 0 Å². The number of carboxylic acids is 1. The second-order valence-electron chi connectivity index (χ2n) is 9.46. The Hall–Kier alpha value is -2.70. The number of carbonyl (C=O) groups is 1. The first-order valence-corrected chi connectivity index (χ1v) is 14.2. The monoisotopic (exact) mass is 528 g/mol. The van der Waals surface area contributed by atoms with Gasteiger partial charge in [-0.15, -0.1) is 0 Å². The lowest BCUT2D eigenvalue weighted by Crippen LogP contribution is -2.26. The SMILES string of the molecule is C=CC(=C)n1cc(C)cc(C(C)N)c1=N.CC.CC.CC1CC=CC=C1C(=O)O.CCCC1(CCN)CC1. The number of pyridine rings is 1. The lowest BCUT2D eigenvalue weighted by molar-refractivity contribution is -0.133. The van der Waals surface area contributed by atoms with Crippen LogP contribution in [0.3, 0.4) is 0 Å². The van der Waals surface area contributed by atoms with Gasteiger partial charge in [-0.2, -0.15) is 0 Å². The van der Waals surface area contributed by atoms with Crippen LogP contribution in [0, 0.1) is 23.7 Å². The van der Waals surface area contributed by atoms with Gasteiger partial charge in [0.25, 0.3) is 0 Å². The lowest BCUT2D eigenvalue weighted by Gasteiger charge is -2.13. The van der Waals surface area contributed by atoms with E-state index in [2.05, 4.69) is 20.1 Å². The maximum absolute atomic E-state index is 10.5. The standard InChI is InChI=1S/C12H17N3.C8H17N.C8H10O2.2C2H6/c1-5-9(3)15-7-8(2)6-11(10(4)13)12(15)14;1-2-3-8(4-5-8)6-7-9;1-6-4-2-3-5-7(6)8(9)10;2*1-2/h5-7,10,14H,1,3,13H2,2,4H3;2-7,9H2,1H3;2-3,5-6H,4H2,1H3,(H,9,10);2*1-2H3. The average Bonchev–Trinajstić information content (AvgIpc) is 3.67. The summed E-state index contributed by atoms with van der Waals surface area (Å²) in [6.07, 6.45) is 16.7. The molecule has 0 radical (unpaired) electrons. The van der Waals surface area contributed by atoms with Crippen molar-refractivity contribution in [2.45, 2.75) is 100.0 Å². The Balaban J connectivity index is 0. The third-order valence-electron chi connectivity index (χ3n) is 6.36. The van der Waals surface area contributed by atoms with E-state index < -0.39 is 5.97 Å². The van der Waals surface area contributed by atoms with Gasteiger partial charge < -0.3 is 21.1 Å². The molecule has 6 heteroatoms. The molecule has 2 aliphatic carbocycles. The van der Waals surface area contributed by atoms with E-state index in [9.17, 15) is 4.79 Å². The van der Waals surface area contributed by atoms with E-state index in [1.165, 1.54) is 32.1 Å². The van der Waals surface area contributed by atoms with Gasteiger partial charge in [-0.3, -0.25) is 5.41 Å². The number of allylic oxidation sites excluding steroid dienone is 5. The predicted octanol–water partition coefficient (Wildman–Crippen LogP) is 7.51. The maximum Gasteiger partial charge on any atom is 0.331 e. The van der Waals surface area contributed by atoms with Crippen molar-refractivity contribution in [2.24, 2.45) is 22.8 Å². The minimum atomic E-state index is -0.795. The quantitative estimate of drug-likeness (QED) is 0.261. The normalized spacial score (nSPS) is 16.7. The van der Waals surface area contributed by atoms with Crippen molar-refractivity contribution >= 4 is 11.7 Å². The fourth-order valence-corrected chi connectivity index (χ4v) is 4.10. The number of hydrogen-bond donors (Lipinski definition) is 4. The number of carboxylic acid groups (broad SMARTS) is 1. The summed E-state index contributed by atoms with van der Waals surface area (Å²) in [7, 11) is 0. The Bertz CT molecular complexity index is 958. The Morgan fingerprint density at radius 2 is 1.87 bits per heavy atom. The highest BCUT2D eigenvalue weighted by Gasteiger charge is 2.40. The van der Waals surface area contributed by atoms with Crippen molar-refractivity contribution in [1.82, 2.24) is 4.57 Å². The van der Waals surface area contributed by atoms with E-state index in [1.54, 1.807) is 22.8 Å². The molecule has 6 N–H and O–H groups in total. The number of nitrogens with one attached hydrogen (secondary N) is 1. The van der Waals surface area contributed by atoms with Gasteiger partial charge in [0.05, 0.1) is 0 Å². The third-order valence-corrected chi connectivity index (χ3v) is 6.36. The molecule has 0 amide bonds. The van der Waals surface area contributed by atoms with Gasteiger partial charge in [0.15, 0.2) is 0 Å². The molecule has 2 aliphatic rings. The number of nitrogens with two attached hydrogens (primary N) is 2. The molecule has 1 fully saturated rings. The number of hydrogen-bond acceptors (Lipinski definition) is 4. The number of aliphatic carboxylic acids is 1. The molecule has 216 valence electrons. The van der Waals surface area contributed by atoms with Gasteiger partial charge >= 0.3 is 5.97 Å². The van der Waals surface area contributed by atoms with Crippen LogP contribution < -0.4 is 17.0 Å². The Kier molecular flexibility index (Phi) is 20.0. The zero-order chi connectivity index (χ0) is 29.9. The smallest absolute Gasteiger partial charge is 0.331 e. The maximum atomic E-state index is 10.5. The van der Waals surface area contributed by atoms with E-state index in [-0.39, 0.29) is 12.0 Å². The summed E-state index contributed by atoms with van der Waals surface area (Å²) in [5.41, 5.74) is 15.5. The van der Waals surface area contributed by atoms with Crippen molar-refractivity contribution < 1.29 is 9.90 Å². The molecule has 38 heavy (non-hydrogen) atoms. The number of aromatic nitrogens is 1. The van der Waals surface area contributed by atoms with Crippen molar-refractivity contribution in [1.29, 1.82) is 5.41 Å². The average molecular weight is 529 g/mol. The first-order chi connectivity index (χ1) is 18.0. The largest absolute Gasteiger partial charge is 0.478 e. The van der Waals surface area contributed by atoms with E-state index in [1.807, 2.05) is 66.8 Å². The van der Waals surface area contributed by atoms with Crippen molar-refractivity contribution in [3.63, 3.8) is 0 Å². The van der Waals surface area contributed by atoms with Crippen LogP contribution in [-0.2, 0) is 4.79 Å². The molecule has 6 nitrogen and oxygen atoms in total. The fourth-order valence-electron chi connectivity index (χ4n) is 4.10. The molecule has 1 aromatic rings. The van der Waals surface area contributed by atoms with Crippen LogP contribution in [0.25, 0.3) is 5.70 Å². The Morgan fingerprint density at radius 3 is 2.24 bits per heavy atom. The van der Waals surface area contributed by atoms with Crippen molar-refractivity contribution in [3.05, 3.63) is 71.9 Å². The van der Waals surface area contributed by atoms with Crippen LogP contribution in [0.15, 0.2) is 55.3 Å². The summed E-state index contributed by atoms with van der Waals surface area (Å²) in [4.78, 5) is 10.5. The van der Waals surface area contributed by atoms with E-state index in [0.717, 1.165) is 29.5 Å². The minimum absolute atomic E-state index is 0.152. The molecule has 2 unspecified atom stereocenters. The van der Waals surface area contributed by atoms with E-state index in [4.69, 9.17) is 22.0 Å². The van der Waals surface area contributed by atoms with Crippen molar-refractivity contribution in [3.8, 4) is 0 Å². The summed E-state index contributed by atoms with van der Waals surface area (Å²) in [5, 5.41) is 16.6. The second kappa shape index (κ2) is 20.3. The van der Waals surface area contributed by atoms with Gasteiger partial charge in [-0.05, 0) is 81.5 Å². The number of rotatable bonds is 8. The molecule has 0 aromatic carbocycles. The highest BCUT2D eigenvalue weighted by atomic mass is 16.4. The molecule has 0 saturated heterocycles. The summed E-state index contributed by atoms with van der Waals surface area (Å²) in [6, 6.07) is 1.78. The van der Waals surface area contributed by atoms with E-state index in [0.29, 0.717) is 16.8 Å². The molecular weight excluding hydrogens is 472 g/mol. The van der Waals surface area contributed by atoms with Gasteiger partial charge in [-0.25, -0.2) is 4.79 Å². The highest BCUT2D eigenvalue weighted by molar-refractivity contribution is 5.87. The summed E-state index contributed by atoms with van der Waals surface area (Å²) >= 11 is 0. The van der Waals surface area contributed by atoms with Gasteiger partial charge in [-0.1, -0.05) is 79.3 Å². The molecule has 1 saturated carbocycles. The molecule has 3 rings (SSSR count). The summed E-state index contributed by atoms with van der Waals surface area (Å²) in [6.45, 7) is 24.4. The fraction of sp³-hybridized carbons (Fsp3) is 0.562. The molecule has 1 heterocycles. The summed E-state index contributed by atoms with van der Waals surface area (Å²) < 4.78 is 1.70. The van der Waals surface area contributed by atoms with Crippen LogP contribution >= 0.6 is 0 Å². The minimum Gasteiger partial charge on any atom is -0.478 e. The molecule has 0 bridgehead atoms. The topological polar surface area (TPSA) is 118 Å². The van der Waals surface area contributed by atoms with Gasteiger partial charge in [0.1, 0.15) is 5.49 Å². The van der Waals surface area contributed by atoms with Gasteiger partial charge in [0, 0.05) is 29.1 Å². The van der Waals surface area contributed by atoms with Crippen LogP contribution in [0.2, 0.25) is 0 Å². The molecular formula is C32H56N4O2. The molecule has 1 aromatic heterocycles. The number of aryl methyl sites for hydroxylation is 1. The zero-order valence-corrected chi connectivity index (χ0v) is 25.4. The molecule has 2 atom stereocenters. The first-order valence-electron chi connectivity index (χ1n) is 14.2. The molecule has 0 spiro atoms. The zero-order valence-electron chi connectivity index (χ0n) is 25.4. The molecule has 0 aliphatic heterocycles. The Labute approximate surface area is 232 Å². The van der Waals surface area contributed by atoms with Crippen LogP contribution in [0.5, 0.6) is 0 Å². The van der Waals surface area contributed by atoms with Crippen LogP contribution in [0.1, 0.15) is 104 Å². The van der Waals surface area contributed by atoms with Crippen LogP contribution in [0.4, 0.5) is 0 Å². The third kappa shape index (κ3) is 13.2. The first kappa shape index (κ1) is 37.5. The predicted molar refractivity (Wildman–Crippen MR) is 165 cm³/mol. The Morgan fingerprint density at radius 1 is 1.29 bits per heavy atom.